The van der Waals surface area contributed by atoms with Crippen LogP contribution in [0, 0.1) is 29.0 Å². The van der Waals surface area contributed by atoms with Crippen LogP contribution in [-0.2, 0) is 14.4 Å². The summed E-state index contributed by atoms with van der Waals surface area (Å²) in [6, 6.07) is 7.74. The average molecular weight is 534 g/mol. The number of aromatic nitrogens is 1. The number of hydrogen-bond acceptors (Lipinski definition) is 6. The standard InChI is InChI=1S/C30H35FN4O4/c31-27-5-4-21(12-24(27)16-32)25-13-26(18-34-17-25)23(15-30(38)39)14-28(36)22-2-1-11-35(19-22)29(37)6-3-20-7-9-33-10-8-20/h4-5,12-13,17-18,20,22-23,33H,1-3,6-11,14-15,19H2,(H,38,39)/t22-,23+/m1/s1/i31-1. The fraction of sp³-hybridized carbons (Fsp3) is 0.500. The number of hydrogen-bond donors (Lipinski definition) is 2. The van der Waals surface area contributed by atoms with Crippen LogP contribution in [0.3, 0.4) is 0 Å². The van der Waals surface area contributed by atoms with Crippen LogP contribution >= 0.6 is 0 Å². The van der Waals surface area contributed by atoms with Gasteiger partial charge in [0.15, 0.2) is 0 Å². The summed E-state index contributed by atoms with van der Waals surface area (Å²) in [5.74, 6) is -1.93. The lowest BCUT2D eigenvalue weighted by Gasteiger charge is -2.33. The number of carbonyl (C=O) groups is 3. The molecule has 9 heteroatoms. The molecule has 0 saturated carbocycles. The molecule has 0 unspecified atom stereocenters. The summed E-state index contributed by atoms with van der Waals surface area (Å²) in [6.45, 7) is 3.04. The van der Waals surface area contributed by atoms with E-state index in [1.165, 1.54) is 18.2 Å². The Labute approximate surface area is 228 Å². The van der Waals surface area contributed by atoms with Crippen LogP contribution in [-0.4, -0.2) is 58.8 Å². The molecule has 0 radical (unpaired) electrons. The summed E-state index contributed by atoms with van der Waals surface area (Å²) in [4.78, 5) is 44.0. The fourth-order valence-corrected chi connectivity index (χ4v) is 5.68. The smallest absolute Gasteiger partial charge is 0.303 e. The molecule has 2 aliphatic heterocycles. The van der Waals surface area contributed by atoms with E-state index in [9.17, 15) is 23.9 Å². The van der Waals surface area contributed by atoms with Crippen molar-refractivity contribution in [1.82, 2.24) is 15.2 Å². The normalized spacial score (nSPS) is 18.8. The van der Waals surface area contributed by atoms with Gasteiger partial charge in [0.2, 0.25) is 5.91 Å². The van der Waals surface area contributed by atoms with Gasteiger partial charge in [0.25, 0.3) is 0 Å². The number of rotatable bonds is 10. The third-order valence-corrected chi connectivity index (χ3v) is 7.97. The number of benzene rings is 1. The Hall–Kier alpha value is -3.64. The van der Waals surface area contributed by atoms with Crippen molar-refractivity contribution >= 4 is 17.7 Å². The first kappa shape index (κ1) is 28.4. The number of piperidine rings is 2. The van der Waals surface area contributed by atoms with Crippen LogP contribution < -0.4 is 5.32 Å². The minimum atomic E-state index is -1.02. The van der Waals surface area contributed by atoms with E-state index in [0.29, 0.717) is 48.5 Å². The first-order chi connectivity index (χ1) is 18.8. The van der Waals surface area contributed by atoms with Crippen LogP contribution in [0.5, 0.6) is 0 Å². The molecule has 1 amide bonds. The van der Waals surface area contributed by atoms with Gasteiger partial charge in [0.05, 0.1) is 12.0 Å². The molecular weight excluding hydrogens is 498 g/mol. The summed E-state index contributed by atoms with van der Waals surface area (Å²) in [7, 11) is 0. The summed E-state index contributed by atoms with van der Waals surface area (Å²) in [5.41, 5.74) is 1.68. The summed E-state index contributed by atoms with van der Waals surface area (Å²) in [6.07, 6.45) is 7.91. The minimum Gasteiger partial charge on any atom is -0.481 e. The Morgan fingerprint density at radius 1 is 1.13 bits per heavy atom. The molecule has 2 N–H and O–H groups in total. The summed E-state index contributed by atoms with van der Waals surface area (Å²) >= 11 is 0. The van der Waals surface area contributed by atoms with Crippen LogP contribution in [0.4, 0.5) is 4.39 Å². The number of Topliss-reactive ketones (excluding diaryl/α,β-unsaturated/α-hetero) is 1. The van der Waals surface area contributed by atoms with Crippen molar-refractivity contribution in [1.29, 1.82) is 5.26 Å². The zero-order valence-electron chi connectivity index (χ0n) is 22.1. The zero-order valence-corrected chi connectivity index (χ0v) is 22.1. The van der Waals surface area contributed by atoms with E-state index in [4.69, 9.17) is 5.26 Å². The van der Waals surface area contributed by atoms with Gasteiger partial charge in [-0.15, -0.1) is 0 Å². The predicted octanol–water partition coefficient (Wildman–Crippen LogP) is 4.30. The van der Waals surface area contributed by atoms with Crippen molar-refractivity contribution in [3.63, 3.8) is 0 Å². The van der Waals surface area contributed by atoms with Crippen molar-refractivity contribution in [2.75, 3.05) is 26.2 Å². The molecule has 2 aromatic rings. The topological polar surface area (TPSA) is 123 Å². The van der Waals surface area contributed by atoms with E-state index in [0.717, 1.165) is 38.8 Å². The monoisotopic (exact) mass is 533 g/mol. The Morgan fingerprint density at radius 2 is 1.92 bits per heavy atom. The first-order valence-electron chi connectivity index (χ1n) is 13.7. The Bertz CT molecular complexity index is 1240. The van der Waals surface area contributed by atoms with Crippen LogP contribution in [0.15, 0.2) is 36.7 Å². The van der Waals surface area contributed by atoms with Crippen LogP contribution in [0.1, 0.15) is 68.4 Å². The largest absolute Gasteiger partial charge is 0.481 e. The van der Waals surface area contributed by atoms with Crippen molar-refractivity contribution in [3.8, 4) is 17.2 Å². The highest BCUT2D eigenvalue weighted by atomic mass is 18.2. The maximum absolute atomic E-state index is 13.8. The van der Waals surface area contributed by atoms with Crippen LogP contribution in [0.25, 0.3) is 11.1 Å². The summed E-state index contributed by atoms with van der Waals surface area (Å²) < 4.78 is 13.8. The third kappa shape index (κ3) is 7.70. The van der Waals surface area contributed by atoms with Crippen molar-refractivity contribution < 1.29 is 23.9 Å². The van der Waals surface area contributed by atoms with Gasteiger partial charge in [-0.1, -0.05) is 6.07 Å². The Kier molecular flexibility index (Phi) is 9.77. The molecular formula is C30H35FN4O4. The number of carboxylic acids is 1. The van der Waals surface area contributed by atoms with E-state index in [-0.39, 0.29) is 36.0 Å². The van der Waals surface area contributed by atoms with Gasteiger partial charge >= 0.3 is 5.97 Å². The number of pyridine rings is 1. The molecule has 3 heterocycles. The quantitative estimate of drug-likeness (QED) is 0.467. The molecule has 1 aromatic carbocycles. The zero-order chi connectivity index (χ0) is 27.8. The average Bonchev–Trinajstić information content (AvgIpc) is 2.96. The van der Waals surface area contributed by atoms with Crippen molar-refractivity contribution in [2.24, 2.45) is 11.8 Å². The van der Waals surface area contributed by atoms with Gasteiger partial charge in [-0.3, -0.25) is 19.4 Å². The second kappa shape index (κ2) is 13.4. The first-order valence-corrected chi connectivity index (χ1v) is 13.7. The molecule has 8 nitrogen and oxygen atoms in total. The number of carboxylic acid groups (broad SMARTS) is 1. The lowest BCUT2D eigenvalue weighted by molar-refractivity contribution is -0.137. The molecule has 4 rings (SSSR count). The fourth-order valence-electron chi connectivity index (χ4n) is 5.68. The van der Waals surface area contributed by atoms with Gasteiger partial charge in [0, 0.05) is 55.7 Å². The highest BCUT2D eigenvalue weighted by Gasteiger charge is 2.31. The lowest BCUT2D eigenvalue weighted by atomic mass is 9.84. The summed E-state index contributed by atoms with van der Waals surface area (Å²) in [5, 5.41) is 22.1. The van der Waals surface area contributed by atoms with Gasteiger partial charge < -0.3 is 15.3 Å². The molecule has 0 bridgehead atoms. The molecule has 2 atom stereocenters. The van der Waals surface area contributed by atoms with Crippen molar-refractivity contribution in [2.45, 2.75) is 57.3 Å². The van der Waals surface area contributed by atoms with Crippen LogP contribution in [0.2, 0.25) is 0 Å². The molecule has 1 aromatic heterocycles. The number of nitrogens with zero attached hydrogens (tertiary/aromatic N) is 3. The van der Waals surface area contributed by atoms with Gasteiger partial charge in [-0.25, -0.2) is 4.39 Å². The number of nitrogens with one attached hydrogen (secondary N) is 1. The van der Waals surface area contributed by atoms with Gasteiger partial charge in [-0.05, 0) is 80.4 Å². The maximum atomic E-state index is 13.8. The number of ketones is 1. The van der Waals surface area contributed by atoms with E-state index in [1.807, 2.05) is 11.0 Å². The minimum absolute atomic E-state index is 0.0338. The lowest BCUT2D eigenvalue weighted by Crippen LogP contribution is -2.42. The Balaban J connectivity index is 1.42. The number of aliphatic carboxylic acids is 1. The highest BCUT2D eigenvalue weighted by Crippen LogP contribution is 2.31. The number of amides is 1. The second-order valence-corrected chi connectivity index (χ2v) is 10.7. The number of halogens is 1. The number of carbonyl (C=O) groups excluding carboxylic acids is 2. The second-order valence-electron chi connectivity index (χ2n) is 10.7. The SMILES string of the molecule is N#Cc1cc(-c2cncc([C@H](CC(=O)O)CC(=O)[C@@H]3CCCN(C(=O)CCC4CCNCC4)C3)c2)ccc1[18F]. The van der Waals surface area contributed by atoms with E-state index >= 15 is 0 Å². The Morgan fingerprint density at radius 3 is 2.67 bits per heavy atom. The molecule has 2 fully saturated rings. The molecule has 39 heavy (non-hydrogen) atoms. The molecule has 0 aliphatic carbocycles. The van der Waals surface area contributed by atoms with E-state index < -0.39 is 17.7 Å². The number of likely N-dealkylation sites (tertiary alicyclic amines) is 1. The van der Waals surface area contributed by atoms with E-state index in [2.05, 4.69) is 10.3 Å². The molecule has 206 valence electrons. The maximum Gasteiger partial charge on any atom is 0.303 e. The predicted molar refractivity (Wildman–Crippen MR) is 143 cm³/mol. The molecule has 2 saturated heterocycles. The van der Waals surface area contributed by atoms with Crippen molar-refractivity contribution in [3.05, 3.63) is 53.6 Å². The highest BCUT2D eigenvalue weighted by molar-refractivity contribution is 5.84. The molecule has 0 spiro atoms. The van der Waals surface area contributed by atoms with Gasteiger partial charge in [0.1, 0.15) is 17.7 Å². The third-order valence-electron chi connectivity index (χ3n) is 7.97. The number of nitriles is 1. The van der Waals surface area contributed by atoms with Gasteiger partial charge in [-0.2, -0.15) is 5.26 Å². The van der Waals surface area contributed by atoms with E-state index in [1.54, 1.807) is 18.5 Å². The molecule has 2 aliphatic rings.